The summed E-state index contributed by atoms with van der Waals surface area (Å²) in [6.45, 7) is 7.87. The summed E-state index contributed by atoms with van der Waals surface area (Å²) in [5.41, 5.74) is 0. The molecule has 0 fully saturated rings. The second-order valence-corrected chi connectivity index (χ2v) is 1.21. The van der Waals surface area contributed by atoms with Crippen molar-refractivity contribution in [2.45, 2.75) is 13.3 Å². The fraction of sp³-hybridized carbons (Fsp3) is 0.800. The molecule has 1 radical (unpaired) electrons. The van der Waals surface area contributed by atoms with Crippen LogP contribution in [-0.2, 0) is 32.7 Å². The Morgan fingerprint density at radius 2 is 2.14 bits per heavy atom. The van der Waals surface area contributed by atoms with Gasteiger partial charge in [0.05, 0.1) is 0 Å². The van der Waals surface area contributed by atoms with Crippen molar-refractivity contribution in [3.8, 4) is 0 Å². The van der Waals surface area contributed by atoms with E-state index in [1.165, 1.54) is 0 Å². The fourth-order valence-corrected chi connectivity index (χ4v) is 0.302. The van der Waals surface area contributed by atoms with Crippen molar-refractivity contribution in [1.29, 1.82) is 0 Å². The third kappa shape index (κ3) is 11.0. The molecule has 41 valence electrons. The van der Waals surface area contributed by atoms with Gasteiger partial charge in [-0.25, -0.2) is 0 Å². The first kappa shape index (κ1) is 10.9. The maximum Gasteiger partial charge on any atom is 0 e. The van der Waals surface area contributed by atoms with Crippen LogP contribution in [0.5, 0.6) is 0 Å². The molecule has 1 N–H and O–H groups in total. The van der Waals surface area contributed by atoms with Crippen molar-refractivity contribution in [2.75, 3.05) is 13.1 Å². The van der Waals surface area contributed by atoms with Crippen LogP contribution in [-0.4, -0.2) is 13.1 Å². The normalized spacial score (nSPS) is 7.71. The maximum absolute atomic E-state index is 3.66. The van der Waals surface area contributed by atoms with Crippen LogP contribution in [0.15, 0.2) is 0 Å². The molecule has 0 heterocycles. The van der Waals surface area contributed by atoms with Gasteiger partial charge in [-0.3, -0.25) is 0 Å². The summed E-state index contributed by atoms with van der Waals surface area (Å²) in [4.78, 5) is 0. The minimum atomic E-state index is 0. The first-order valence-electron chi connectivity index (χ1n) is 2.41. The molecule has 0 aliphatic rings. The van der Waals surface area contributed by atoms with Gasteiger partial charge in [0.15, 0.2) is 0 Å². The van der Waals surface area contributed by atoms with Gasteiger partial charge in [-0.1, -0.05) is 6.92 Å². The monoisotopic (exact) mass is 175 g/mol. The molecule has 0 saturated carbocycles. The number of nitrogens with one attached hydrogen (secondary N) is 1. The Hall–Kier alpha value is 1.06. The van der Waals surface area contributed by atoms with Crippen molar-refractivity contribution < 1.29 is 32.7 Å². The molecular weight excluding hydrogens is 163 g/mol. The van der Waals surface area contributed by atoms with Crippen molar-refractivity contribution in [3.63, 3.8) is 0 Å². The van der Waals surface area contributed by atoms with E-state index in [-0.39, 0.29) is 32.7 Å². The Morgan fingerprint density at radius 1 is 1.57 bits per heavy atom. The van der Waals surface area contributed by atoms with Gasteiger partial charge in [0.2, 0.25) is 0 Å². The average molecular weight is 175 g/mol. The van der Waals surface area contributed by atoms with E-state index in [2.05, 4.69) is 19.2 Å². The fourth-order valence-electron chi connectivity index (χ4n) is 0.302. The first-order valence-corrected chi connectivity index (χ1v) is 2.41. The number of hydrogen-bond donors (Lipinski definition) is 1. The summed E-state index contributed by atoms with van der Waals surface area (Å²) >= 11 is 0. The SMILES string of the molecule is [CH2-]CCNCC.[Y]. The second-order valence-electron chi connectivity index (χ2n) is 1.21. The summed E-state index contributed by atoms with van der Waals surface area (Å²) in [5, 5.41) is 3.14. The summed E-state index contributed by atoms with van der Waals surface area (Å²) in [7, 11) is 0. The summed E-state index contributed by atoms with van der Waals surface area (Å²) < 4.78 is 0. The molecule has 0 atom stereocenters. The molecule has 1 nitrogen and oxygen atoms in total. The molecule has 7 heavy (non-hydrogen) atoms. The zero-order valence-electron chi connectivity index (χ0n) is 4.91. The van der Waals surface area contributed by atoms with Crippen LogP contribution >= 0.6 is 0 Å². The van der Waals surface area contributed by atoms with Crippen LogP contribution in [0.4, 0.5) is 0 Å². The van der Waals surface area contributed by atoms with Crippen molar-refractivity contribution >= 4 is 0 Å². The topological polar surface area (TPSA) is 12.0 Å². The van der Waals surface area contributed by atoms with Crippen LogP contribution in [0.25, 0.3) is 0 Å². The van der Waals surface area contributed by atoms with Gasteiger partial charge in [-0.15, -0.1) is 0 Å². The van der Waals surface area contributed by atoms with Gasteiger partial charge < -0.3 is 12.2 Å². The molecular formula is C5H12NY-. The van der Waals surface area contributed by atoms with E-state index in [1.807, 2.05) is 0 Å². The van der Waals surface area contributed by atoms with Crippen LogP contribution in [0.1, 0.15) is 13.3 Å². The molecule has 0 rings (SSSR count). The van der Waals surface area contributed by atoms with Gasteiger partial charge in [-0.05, 0) is 13.1 Å². The quantitative estimate of drug-likeness (QED) is 0.494. The zero-order valence-corrected chi connectivity index (χ0v) is 7.74. The van der Waals surface area contributed by atoms with E-state index in [4.69, 9.17) is 0 Å². The van der Waals surface area contributed by atoms with Crippen LogP contribution in [0.3, 0.4) is 0 Å². The maximum atomic E-state index is 3.66. The van der Waals surface area contributed by atoms with E-state index < -0.39 is 0 Å². The van der Waals surface area contributed by atoms with Crippen LogP contribution in [0.2, 0.25) is 0 Å². The molecule has 0 bridgehead atoms. The Kier molecular flexibility index (Phi) is 15.8. The summed E-state index contributed by atoms with van der Waals surface area (Å²) in [5.74, 6) is 0. The largest absolute Gasteiger partial charge is 0.342 e. The second kappa shape index (κ2) is 10.1. The van der Waals surface area contributed by atoms with E-state index in [0.29, 0.717) is 0 Å². The molecule has 0 unspecified atom stereocenters. The van der Waals surface area contributed by atoms with E-state index in [9.17, 15) is 0 Å². The van der Waals surface area contributed by atoms with Crippen molar-refractivity contribution in [1.82, 2.24) is 5.32 Å². The van der Waals surface area contributed by atoms with Gasteiger partial charge in [0.25, 0.3) is 0 Å². The molecule has 0 aromatic heterocycles. The first-order chi connectivity index (χ1) is 2.91. The molecule has 0 spiro atoms. The molecule has 0 aromatic rings. The predicted molar refractivity (Wildman–Crippen MR) is 28.5 cm³/mol. The molecule has 0 saturated heterocycles. The Labute approximate surface area is 71.1 Å². The Bertz CT molecular complexity index is 20.0. The zero-order chi connectivity index (χ0) is 4.83. The average Bonchev–Trinajstić information content (AvgIpc) is 1.61. The summed E-state index contributed by atoms with van der Waals surface area (Å²) in [6, 6.07) is 0. The van der Waals surface area contributed by atoms with Gasteiger partial charge in [-0.2, -0.15) is 6.42 Å². The minimum Gasteiger partial charge on any atom is -0.342 e. The van der Waals surface area contributed by atoms with Crippen LogP contribution < -0.4 is 5.32 Å². The molecule has 0 aromatic carbocycles. The number of rotatable bonds is 3. The van der Waals surface area contributed by atoms with Crippen LogP contribution in [0, 0.1) is 6.92 Å². The van der Waals surface area contributed by atoms with Crippen molar-refractivity contribution in [3.05, 3.63) is 6.92 Å². The van der Waals surface area contributed by atoms with Crippen molar-refractivity contribution in [2.24, 2.45) is 0 Å². The predicted octanol–water partition coefficient (Wildman–Crippen LogP) is 0.818. The summed E-state index contributed by atoms with van der Waals surface area (Å²) in [6.07, 6.45) is 0.994. The number of hydrogen-bond acceptors (Lipinski definition) is 1. The van der Waals surface area contributed by atoms with E-state index in [1.54, 1.807) is 0 Å². The smallest absolute Gasteiger partial charge is 0 e. The minimum absolute atomic E-state index is 0. The molecule has 0 aliphatic heterocycles. The van der Waals surface area contributed by atoms with Gasteiger partial charge in [0.1, 0.15) is 0 Å². The Morgan fingerprint density at radius 3 is 2.29 bits per heavy atom. The molecule has 2 heteroatoms. The van der Waals surface area contributed by atoms with E-state index in [0.717, 1.165) is 19.5 Å². The third-order valence-electron chi connectivity index (χ3n) is 0.604. The van der Waals surface area contributed by atoms with Gasteiger partial charge >= 0.3 is 0 Å². The Balaban J connectivity index is 0. The standard InChI is InChI=1S/C5H12N.Y/c1-3-5-6-4-2;/h6H,1,3-5H2,2H3;/q-1;. The molecule has 0 amide bonds. The van der Waals surface area contributed by atoms with Gasteiger partial charge in [0, 0.05) is 32.7 Å². The third-order valence-corrected chi connectivity index (χ3v) is 0.604. The molecule has 0 aliphatic carbocycles. The van der Waals surface area contributed by atoms with E-state index >= 15 is 0 Å².